The zero-order valence-corrected chi connectivity index (χ0v) is 13.2. The topological polar surface area (TPSA) is 78.9 Å². The smallest absolute Gasteiger partial charge is 0.393 e. The van der Waals surface area contributed by atoms with Gasteiger partial charge in [-0.15, -0.1) is 0 Å². The van der Waals surface area contributed by atoms with Gasteiger partial charge in [0.25, 0.3) is 0 Å². The van der Waals surface area contributed by atoms with Gasteiger partial charge in [-0.1, -0.05) is 0 Å². The van der Waals surface area contributed by atoms with E-state index in [9.17, 15) is 22.8 Å². The van der Waals surface area contributed by atoms with E-state index in [1.54, 1.807) is 0 Å². The van der Waals surface area contributed by atoms with E-state index in [-0.39, 0.29) is 6.54 Å². The molecule has 6 nitrogen and oxygen atoms in total. The number of carboxylic acids is 1. The van der Waals surface area contributed by atoms with Gasteiger partial charge in [0.15, 0.2) is 0 Å². The average Bonchev–Trinajstić information content (AvgIpc) is 2.91. The molecule has 0 aromatic carbocycles. The molecule has 1 amide bonds. The molecule has 2 N–H and O–H groups in total. The molecule has 1 saturated heterocycles. The zero-order valence-electron chi connectivity index (χ0n) is 13.2. The molecule has 1 rings (SSSR count). The molecule has 0 aromatic heterocycles. The molecule has 134 valence electrons. The van der Waals surface area contributed by atoms with E-state index in [4.69, 9.17) is 9.84 Å². The molecule has 23 heavy (non-hydrogen) atoms. The van der Waals surface area contributed by atoms with Crippen LogP contribution in [-0.4, -0.2) is 66.9 Å². The van der Waals surface area contributed by atoms with Crippen LogP contribution in [-0.2, 0) is 14.3 Å². The number of ether oxygens (including phenoxy) is 1. The van der Waals surface area contributed by atoms with Gasteiger partial charge in [0, 0.05) is 32.8 Å². The van der Waals surface area contributed by atoms with Crippen molar-refractivity contribution in [2.75, 3.05) is 32.8 Å². The molecule has 0 bridgehead atoms. The zero-order chi connectivity index (χ0) is 17.6. The van der Waals surface area contributed by atoms with Crippen molar-refractivity contribution in [2.24, 2.45) is 11.8 Å². The second-order valence-electron chi connectivity index (χ2n) is 5.56. The summed E-state index contributed by atoms with van der Waals surface area (Å²) in [6.07, 6.45) is -3.99. The lowest BCUT2D eigenvalue weighted by molar-refractivity contribution is -0.188. The van der Waals surface area contributed by atoms with Gasteiger partial charge >= 0.3 is 12.1 Å². The molecule has 1 fully saturated rings. The molecule has 1 heterocycles. The Morgan fingerprint density at radius 1 is 1.39 bits per heavy atom. The standard InChI is InChI=1S/C14H23F3N2O4/c1-3-23-6-4-5-18-12(20)9(2)19-7-10(13(21)22)11(8-19)14(15,16)17/h9-11H,3-8H2,1-2H3,(H,18,20)(H,21,22)/t9?,10-,11-/m1/s1. The lowest BCUT2D eigenvalue weighted by Gasteiger charge is -2.23. The van der Waals surface area contributed by atoms with E-state index in [0.29, 0.717) is 26.2 Å². The molecule has 1 unspecified atom stereocenters. The third-order valence-electron chi connectivity index (χ3n) is 3.98. The van der Waals surface area contributed by atoms with Crippen molar-refractivity contribution >= 4 is 11.9 Å². The van der Waals surface area contributed by atoms with Crippen molar-refractivity contribution in [3.63, 3.8) is 0 Å². The van der Waals surface area contributed by atoms with Crippen LogP contribution >= 0.6 is 0 Å². The number of carboxylic acid groups (broad SMARTS) is 1. The molecule has 0 spiro atoms. The molecule has 0 radical (unpaired) electrons. The highest BCUT2D eigenvalue weighted by molar-refractivity contribution is 5.81. The van der Waals surface area contributed by atoms with Gasteiger partial charge in [-0.25, -0.2) is 0 Å². The maximum Gasteiger partial charge on any atom is 0.393 e. The van der Waals surface area contributed by atoms with Crippen LogP contribution in [0.4, 0.5) is 13.2 Å². The Hall–Kier alpha value is -1.35. The largest absolute Gasteiger partial charge is 0.481 e. The van der Waals surface area contributed by atoms with Gasteiger partial charge in [0.2, 0.25) is 5.91 Å². The van der Waals surface area contributed by atoms with Gasteiger partial charge in [-0.3, -0.25) is 14.5 Å². The number of alkyl halides is 3. The first-order chi connectivity index (χ1) is 10.7. The second kappa shape index (κ2) is 8.49. The number of likely N-dealkylation sites (tertiary alicyclic amines) is 1. The fraction of sp³-hybridized carbons (Fsp3) is 0.857. The Morgan fingerprint density at radius 3 is 2.52 bits per heavy atom. The number of halogens is 3. The maximum atomic E-state index is 12.9. The number of amides is 1. The number of hydrogen-bond donors (Lipinski definition) is 2. The minimum atomic E-state index is -4.59. The van der Waals surface area contributed by atoms with Crippen LogP contribution in [0.5, 0.6) is 0 Å². The third kappa shape index (κ3) is 5.65. The summed E-state index contributed by atoms with van der Waals surface area (Å²) in [7, 11) is 0. The van der Waals surface area contributed by atoms with Crippen molar-refractivity contribution in [2.45, 2.75) is 32.5 Å². The Bertz CT molecular complexity index is 417. The van der Waals surface area contributed by atoms with Crippen LogP contribution in [0.15, 0.2) is 0 Å². The molecular weight excluding hydrogens is 317 g/mol. The number of rotatable bonds is 8. The fourth-order valence-corrected chi connectivity index (χ4v) is 2.58. The lowest BCUT2D eigenvalue weighted by atomic mass is 9.96. The third-order valence-corrected chi connectivity index (χ3v) is 3.98. The van der Waals surface area contributed by atoms with Crippen LogP contribution in [0.2, 0.25) is 0 Å². The fourth-order valence-electron chi connectivity index (χ4n) is 2.58. The van der Waals surface area contributed by atoms with E-state index < -0.39 is 42.5 Å². The van der Waals surface area contributed by atoms with E-state index in [1.807, 2.05) is 6.92 Å². The molecule has 9 heteroatoms. The maximum absolute atomic E-state index is 12.9. The second-order valence-corrected chi connectivity index (χ2v) is 5.56. The number of hydrogen-bond acceptors (Lipinski definition) is 4. The number of nitrogens with one attached hydrogen (secondary N) is 1. The van der Waals surface area contributed by atoms with Gasteiger partial charge in [-0.05, 0) is 20.3 Å². The van der Waals surface area contributed by atoms with E-state index in [0.717, 1.165) is 0 Å². The van der Waals surface area contributed by atoms with Crippen molar-refractivity contribution < 1.29 is 32.6 Å². The quantitative estimate of drug-likeness (QED) is 0.647. The number of carbonyl (C=O) groups excluding carboxylic acids is 1. The molecule has 0 aliphatic carbocycles. The summed E-state index contributed by atoms with van der Waals surface area (Å²) < 4.78 is 43.9. The SMILES string of the molecule is CCOCCCNC(=O)C(C)N1C[C@@H](C(F)(F)F)[C@H](C(=O)O)C1. The number of carbonyl (C=O) groups is 2. The van der Waals surface area contributed by atoms with Crippen molar-refractivity contribution in [3.05, 3.63) is 0 Å². The molecule has 3 atom stereocenters. The van der Waals surface area contributed by atoms with Crippen LogP contribution in [0.1, 0.15) is 20.3 Å². The monoisotopic (exact) mass is 340 g/mol. The normalized spacial score (nSPS) is 23.7. The van der Waals surface area contributed by atoms with Gasteiger partial charge in [0.1, 0.15) is 0 Å². The van der Waals surface area contributed by atoms with Crippen molar-refractivity contribution in [1.29, 1.82) is 0 Å². The first-order valence-electron chi connectivity index (χ1n) is 7.57. The summed E-state index contributed by atoms with van der Waals surface area (Å²) in [5, 5.41) is 11.6. The molecule has 1 aliphatic heterocycles. The van der Waals surface area contributed by atoms with Gasteiger partial charge < -0.3 is 15.2 Å². The molecule has 0 aromatic rings. The summed E-state index contributed by atoms with van der Waals surface area (Å²) in [5.74, 6) is -5.39. The Morgan fingerprint density at radius 2 is 2.04 bits per heavy atom. The molecular formula is C14H23F3N2O4. The highest BCUT2D eigenvalue weighted by atomic mass is 19.4. The minimum Gasteiger partial charge on any atom is -0.481 e. The Labute approximate surface area is 133 Å². The van der Waals surface area contributed by atoms with E-state index >= 15 is 0 Å². The Balaban J connectivity index is 2.54. The average molecular weight is 340 g/mol. The first kappa shape index (κ1) is 19.7. The summed E-state index contributed by atoms with van der Waals surface area (Å²) in [6.45, 7) is 4.00. The number of aliphatic carboxylic acids is 1. The summed E-state index contributed by atoms with van der Waals surface area (Å²) in [5.41, 5.74) is 0. The summed E-state index contributed by atoms with van der Waals surface area (Å²) in [6, 6.07) is -0.809. The predicted molar refractivity (Wildman–Crippen MR) is 75.8 cm³/mol. The van der Waals surface area contributed by atoms with Gasteiger partial charge in [0.05, 0.1) is 17.9 Å². The van der Waals surface area contributed by atoms with Gasteiger partial charge in [-0.2, -0.15) is 13.2 Å². The predicted octanol–water partition coefficient (Wildman–Crippen LogP) is 1.11. The molecule has 1 aliphatic rings. The molecule has 0 saturated carbocycles. The highest BCUT2D eigenvalue weighted by Crippen LogP contribution is 2.38. The van der Waals surface area contributed by atoms with Crippen LogP contribution in [0, 0.1) is 11.8 Å². The van der Waals surface area contributed by atoms with E-state index in [1.165, 1.54) is 11.8 Å². The first-order valence-corrected chi connectivity index (χ1v) is 7.57. The van der Waals surface area contributed by atoms with Crippen LogP contribution in [0.25, 0.3) is 0 Å². The Kier molecular flexibility index (Phi) is 7.27. The van der Waals surface area contributed by atoms with Crippen LogP contribution < -0.4 is 5.32 Å². The number of nitrogens with zero attached hydrogens (tertiary/aromatic N) is 1. The summed E-state index contributed by atoms with van der Waals surface area (Å²) >= 11 is 0. The lowest BCUT2D eigenvalue weighted by Crippen LogP contribution is -2.45. The van der Waals surface area contributed by atoms with E-state index in [2.05, 4.69) is 5.32 Å². The summed E-state index contributed by atoms with van der Waals surface area (Å²) in [4.78, 5) is 24.3. The van der Waals surface area contributed by atoms with Crippen molar-refractivity contribution in [3.8, 4) is 0 Å². The van der Waals surface area contributed by atoms with Crippen LogP contribution in [0.3, 0.4) is 0 Å². The minimum absolute atomic E-state index is 0.285. The highest BCUT2D eigenvalue weighted by Gasteiger charge is 2.53. The van der Waals surface area contributed by atoms with Crippen molar-refractivity contribution in [1.82, 2.24) is 10.2 Å².